The molecule has 0 radical (unpaired) electrons. The van der Waals surface area contributed by atoms with Crippen molar-refractivity contribution in [1.29, 1.82) is 0 Å². The first-order chi connectivity index (χ1) is 9.58. The van der Waals surface area contributed by atoms with E-state index >= 15 is 0 Å². The number of nitrogens with zero attached hydrogens (tertiary/aromatic N) is 1. The molecule has 1 heterocycles. The van der Waals surface area contributed by atoms with Gasteiger partial charge in [-0.1, -0.05) is 12.1 Å². The van der Waals surface area contributed by atoms with Gasteiger partial charge in [-0.3, -0.25) is 9.59 Å². The van der Waals surface area contributed by atoms with Crippen LogP contribution in [0.4, 0.5) is 5.69 Å². The Balaban J connectivity index is 0.00000220. The van der Waals surface area contributed by atoms with E-state index in [0.717, 1.165) is 30.5 Å². The van der Waals surface area contributed by atoms with Crippen molar-refractivity contribution in [2.24, 2.45) is 0 Å². The molecule has 0 saturated carbocycles. The minimum absolute atomic E-state index is 0. The third kappa shape index (κ3) is 4.63. The number of carbonyl (C=O) groups is 2. The molecule has 1 unspecified atom stereocenters. The van der Waals surface area contributed by atoms with Gasteiger partial charge in [0.2, 0.25) is 11.8 Å². The molecule has 1 atom stereocenters. The van der Waals surface area contributed by atoms with Crippen molar-refractivity contribution >= 4 is 29.9 Å². The highest BCUT2D eigenvalue weighted by Gasteiger charge is 2.31. The number of rotatable bonds is 4. The summed E-state index contributed by atoms with van der Waals surface area (Å²) in [6, 6.07) is 7.33. The minimum atomic E-state index is -0.293. The van der Waals surface area contributed by atoms with Crippen LogP contribution in [-0.4, -0.2) is 35.8 Å². The average molecular weight is 312 g/mol. The van der Waals surface area contributed by atoms with Crippen LogP contribution >= 0.6 is 12.4 Å². The fourth-order valence-electron chi connectivity index (χ4n) is 2.55. The molecule has 21 heavy (non-hydrogen) atoms. The quantitative estimate of drug-likeness (QED) is 0.824. The lowest BCUT2D eigenvalue weighted by Gasteiger charge is -2.22. The number of benzene rings is 1. The van der Waals surface area contributed by atoms with Gasteiger partial charge in [-0.2, -0.15) is 0 Å². The first kappa shape index (κ1) is 17.3. The zero-order valence-electron chi connectivity index (χ0n) is 12.2. The van der Waals surface area contributed by atoms with Crippen LogP contribution in [0.2, 0.25) is 0 Å². The van der Waals surface area contributed by atoms with E-state index in [9.17, 15) is 9.59 Å². The van der Waals surface area contributed by atoms with E-state index in [1.165, 1.54) is 6.92 Å². The predicted molar refractivity (Wildman–Crippen MR) is 85.2 cm³/mol. The van der Waals surface area contributed by atoms with Crippen molar-refractivity contribution in [2.45, 2.75) is 32.2 Å². The molecule has 2 rings (SSSR count). The zero-order valence-corrected chi connectivity index (χ0v) is 13.0. The molecule has 0 bridgehead atoms. The molecule has 2 amide bonds. The third-order valence-electron chi connectivity index (χ3n) is 3.65. The van der Waals surface area contributed by atoms with Crippen molar-refractivity contribution < 1.29 is 9.59 Å². The predicted octanol–water partition coefficient (Wildman–Crippen LogP) is 1.36. The van der Waals surface area contributed by atoms with E-state index in [1.807, 2.05) is 24.3 Å². The number of likely N-dealkylation sites (tertiary alicyclic amines) is 1. The van der Waals surface area contributed by atoms with Gasteiger partial charge in [0, 0.05) is 25.7 Å². The normalized spacial score (nSPS) is 17.2. The number of nitrogen functional groups attached to an aromatic ring is 1. The number of hydrogen-bond acceptors (Lipinski definition) is 3. The molecule has 3 N–H and O–H groups in total. The SMILES string of the molecule is CC(=O)N1CCCC1C(=O)NCCc1ccc(N)cc1.Cl. The average Bonchev–Trinajstić information content (AvgIpc) is 2.90. The van der Waals surface area contributed by atoms with Gasteiger partial charge in [0.25, 0.3) is 0 Å². The summed E-state index contributed by atoms with van der Waals surface area (Å²) >= 11 is 0. The van der Waals surface area contributed by atoms with Crippen LogP contribution in [0.25, 0.3) is 0 Å². The van der Waals surface area contributed by atoms with Crippen molar-refractivity contribution in [3.63, 3.8) is 0 Å². The number of hydrogen-bond donors (Lipinski definition) is 2. The molecule has 1 saturated heterocycles. The summed E-state index contributed by atoms with van der Waals surface area (Å²) in [7, 11) is 0. The molecule has 0 aromatic heterocycles. The first-order valence-electron chi connectivity index (χ1n) is 6.97. The summed E-state index contributed by atoms with van der Waals surface area (Å²) < 4.78 is 0. The van der Waals surface area contributed by atoms with E-state index in [4.69, 9.17) is 5.73 Å². The maximum absolute atomic E-state index is 12.1. The molecule has 1 aromatic carbocycles. The van der Waals surface area contributed by atoms with Crippen LogP contribution in [0.1, 0.15) is 25.3 Å². The molecule has 5 nitrogen and oxygen atoms in total. The van der Waals surface area contributed by atoms with Gasteiger partial charge >= 0.3 is 0 Å². The van der Waals surface area contributed by atoms with Crippen LogP contribution in [0, 0.1) is 0 Å². The van der Waals surface area contributed by atoms with Gasteiger partial charge < -0.3 is 16.0 Å². The summed E-state index contributed by atoms with van der Waals surface area (Å²) in [5.41, 5.74) is 7.49. The van der Waals surface area contributed by atoms with E-state index in [-0.39, 0.29) is 30.3 Å². The molecule has 6 heteroatoms. The molecule has 0 aliphatic carbocycles. The molecule has 1 aromatic rings. The van der Waals surface area contributed by atoms with Crippen LogP contribution in [0.3, 0.4) is 0 Å². The standard InChI is InChI=1S/C15H21N3O2.ClH/c1-11(19)18-10-2-3-14(18)15(20)17-9-8-12-4-6-13(16)7-5-12;/h4-7,14H,2-3,8-10,16H2,1H3,(H,17,20);1H. The Kier molecular flexibility index (Phi) is 6.49. The maximum Gasteiger partial charge on any atom is 0.242 e. The van der Waals surface area contributed by atoms with Crippen molar-refractivity contribution in [2.75, 3.05) is 18.8 Å². The number of nitrogens with one attached hydrogen (secondary N) is 1. The summed E-state index contributed by atoms with van der Waals surface area (Å²) in [6.07, 6.45) is 2.42. The Hall–Kier alpha value is -1.75. The first-order valence-corrected chi connectivity index (χ1v) is 6.97. The fraction of sp³-hybridized carbons (Fsp3) is 0.467. The summed E-state index contributed by atoms with van der Waals surface area (Å²) in [5.74, 6) is -0.0747. The highest BCUT2D eigenvalue weighted by molar-refractivity contribution is 5.87. The van der Waals surface area contributed by atoms with Crippen LogP contribution in [0.15, 0.2) is 24.3 Å². The second-order valence-corrected chi connectivity index (χ2v) is 5.15. The van der Waals surface area contributed by atoms with Gasteiger partial charge in [0.15, 0.2) is 0 Å². The summed E-state index contributed by atoms with van der Waals surface area (Å²) in [6.45, 7) is 2.77. The molecule has 1 aliphatic rings. The minimum Gasteiger partial charge on any atom is -0.399 e. The number of amides is 2. The Labute approximate surface area is 131 Å². The summed E-state index contributed by atoms with van der Waals surface area (Å²) in [4.78, 5) is 25.2. The molecule has 116 valence electrons. The summed E-state index contributed by atoms with van der Waals surface area (Å²) in [5, 5.41) is 2.91. The lowest BCUT2D eigenvalue weighted by Crippen LogP contribution is -2.45. The molecular formula is C15H22ClN3O2. The van der Waals surface area contributed by atoms with Crippen molar-refractivity contribution in [3.05, 3.63) is 29.8 Å². The van der Waals surface area contributed by atoms with Gasteiger partial charge in [0.1, 0.15) is 6.04 Å². The lowest BCUT2D eigenvalue weighted by molar-refractivity contribution is -0.136. The Morgan fingerprint density at radius 3 is 2.62 bits per heavy atom. The number of carbonyl (C=O) groups excluding carboxylic acids is 2. The van der Waals surface area contributed by atoms with E-state index in [0.29, 0.717) is 13.1 Å². The zero-order chi connectivity index (χ0) is 14.5. The molecular weight excluding hydrogens is 290 g/mol. The van der Waals surface area contributed by atoms with Crippen LogP contribution in [0.5, 0.6) is 0 Å². The number of halogens is 1. The van der Waals surface area contributed by atoms with E-state index in [2.05, 4.69) is 5.32 Å². The smallest absolute Gasteiger partial charge is 0.242 e. The second kappa shape index (κ2) is 7.88. The van der Waals surface area contributed by atoms with Gasteiger partial charge in [0.05, 0.1) is 0 Å². The third-order valence-corrected chi connectivity index (χ3v) is 3.65. The second-order valence-electron chi connectivity index (χ2n) is 5.15. The van der Waals surface area contributed by atoms with E-state index in [1.54, 1.807) is 4.90 Å². The molecule has 0 spiro atoms. The Bertz CT molecular complexity index is 490. The molecule has 1 aliphatic heterocycles. The Morgan fingerprint density at radius 2 is 2.00 bits per heavy atom. The maximum atomic E-state index is 12.1. The topological polar surface area (TPSA) is 75.4 Å². The number of anilines is 1. The van der Waals surface area contributed by atoms with Crippen molar-refractivity contribution in [1.82, 2.24) is 10.2 Å². The molecule has 1 fully saturated rings. The van der Waals surface area contributed by atoms with Crippen LogP contribution in [-0.2, 0) is 16.0 Å². The highest BCUT2D eigenvalue weighted by atomic mass is 35.5. The largest absolute Gasteiger partial charge is 0.399 e. The highest BCUT2D eigenvalue weighted by Crippen LogP contribution is 2.17. The lowest BCUT2D eigenvalue weighted by atomic mass is 10.1. The monoisotopic (exact) mass is 311 g/mol. The number of nitrogens with two attached hydrogens (primary N) is 1. The van der Waals surface area contributed by atoms with Crippen molar-refractivity contribution in [3.8, 4) is 0 Å². The Morgan fingerprint density at radius 1 is 1.33 bits per heavy atom. The fourth-order valence-corrected chi connectivity index (χ4v) is 2.55. The van der Waals surface area contributed by atoms with Crippen LogP contribution < -0.4 is 11.1 Å². The van der Waals surface area contributed by atoms with Gasteiger partial charge in [-0.05, 0) is 37.0 Å². The van der Waals surface area contributed by atoms with E-state index < -0.39 is 0 Å². The van der Waals surface area contributed by atoms with Gasteiger partial charge in [-0.15, -0.1) is 12.4 Å². The van der Waals surface area contributed by atoms with Gasteiger partial charge in [-0.25, -0.2) is 0 Å².